The van der Waals surface area contributed by atoms with Crippen LogP contribution in [0.15, 0.2) is 15.5 Å². The first-order valence-corrected chi connectivity index (χ1v) is 11.6. The minimum atomic E-state index is -3.42. The standard InChI is InChI=1S/C19H25N7O2S/c1-25-8-9-26-12(11-25)10-17(23-26)29(20,28)24-19(27)22-18-13-4-2-6-15(13)21-16-7-3-5-14(16)18/h10H,2-9,11H2,1H3,(H3,20,21,22,24,27,28). The molecular formula is C19H25N7O2S. The van der Waals surface area contributed by atoms with Crippen LogP contribution in [0.1, 0.15) is 41.1 Å². The van der Waals surface area contributed by atoms with E-state index in [4.69, 9.17) is 10.1 Å². The molecule has 3 N–H and O–H groups in total. The third-order valence-electron chi connectivity index (χ3n) is 5.97. The highest BCUT2D eigenvalue weighted by Crippen LogP contribution is 2.36. The predicted octanol–water partition coefficient (Wildman–Crippen LogP) is 1.63. The van der Waals surface area contributed by atoms with Gasteiger partial charge in [0.2, 0.25) is 0 Å². The number of pyridine rings is 1. The van der Waals surface area contributed by atoms with Crippen molar-refractivity contribution in [3.05, 3.63) is 34.3 Å². The van der Waals surface area contributed by atoms with Gasteiger partial charge in [0.25, 0.3) is 0 Å². The molecule has 0 radical (unpaired) electrons. The second-order valence-corrected chi connectivity index (χ2v) is 9.81. The molecule has 3 heterocycles. The maximum absolute atomic E-state index is 13.0. The molecule has 2 amide bonds. The van der Waals surface area contributed by atoms with E-state index in [0.717, 1.165) is 79.0 Å². The number of anilines is 1. The van der Waals surface area contributed by atoms with E-state index in [-0.39, 0.29) is 5.03 Å². The Morgan fingerprint density at radius 1 is 1.17 bits per heavy atom. The number of hydrogen-bond donors (Lipinski definition) is 2. The molecule has 2 aromatic heterocycles. The second-order valence-electron chi connectivity index (χ2n) is 8.07. The number of aromatic nitrogens is 3. The average Bonchev–Trinajstić information content (AvgIpc) is 3.39. The molecule has 29 heavy (non-hydrogen) atoms. The van der Waals surface area contributed by atoms with Gasteiger partial charge in [-0.2, -0.15) is 5.10 Å². The minimum absolute atomic E-state index is 0.156. The Bertz CT molecular complexity index is 1100. The van der Waals surface area contributed by atoms with Gasteiger partial charge >= 0.3 is 6.03 Å². The molecule has 0 saturated heterocycles. The molecule has 0 fully saturated rings. The molecule has 0 saturated carbocycles. The lowest BCUT2D eigenvalue weighted by Crippen LogP contribution is -2.30. The van der Waals surface area contributed by atoms with Crippen LogP contribution in [0.5, 0.6) is 0 Å². The van der Waals surface area contributed by atoms with Crippen LogP contribution in [-0.2, 0) is 48.7 Å². The van der Waals surface area contributed by atoms with Gasteiger partial charge in [-0.1, -0.05) is 0 Å². The zero-order valence-electron chi connectivity index (χ0n) is 16.5. The topological polar surface area (TPSA) is 119 Å². The summed E-state index contributed by atoms with van der Waals surface area (Å²) in [6.07, 6.45) is 5.73. The Kier molecular flexibility index (Phi) is 4.45. The summed E-state index contributed by atoms with van der Waals surface area (Å²) in [7, 11) is -1.41. The number of hydrogen-bond acceptors (Lipinski definition) is 5. The first-order chi connectivity index (χ1) is 13.9. The SMILES string of the molecule is CN1CCn2nc(S(N)(=O)=NC(=O)Nc3c4c(nc5c3CCC5)CCC4)cc2C1. The predicted molar refractivity (Wildman–Crippen MR) is 109 cm³/mol. The smallest absolute Gasteiger partial charge is 0.305 e. The summed E-state index contributed by atoms with van der Waals surface area (Å²) in [5.41, 5.74) is 6.07. The van der Waals surface area contributed by atoms with E-state index < -0.39 is 15.9 Å². The summed E-state index contributed by atoms with van der Waals surface area (Å²) in [5.74, 6) is 0. The molecule has 0 spiro atoms. The van der Waals surface area contributed by atoms with Gasteiger partial charge in [0, 0.05) is 24.5 Å². The van der Waals surface area contributed by atoms with Crippen LogP contribution in [0.4, 0.5) is 10.5 Å². The van der Waals surface area contributed by atoms with E-state index in [1.165, 1.54) is 0 Å². The summed E-state index contributed by atoms with van der Waals surface area (Å²) < 4.78 is 18.6. The van der Waals surface area contributed by atoms with Gasteiger partial charge in [0.05, 0.1) is 17.9 Å². The number of amides is 2. The lowest BCUT2D eigenvalue weighted by molar-refractivity contribution is 0.258. The van der Waals surface area contributed by atoms with Gasteiger partial charge in [-0.3, -0.25) is 14.6 Å². The summed E-state index contributed by atoms with van der Waals surface area (Å²) >= 11 is 0. The largest absolute Gasteiger partial charge is 0.354 e. The molecule has 154 valence electrons. The first kappa shape index (κ1) is 18.7. The van der Waals surface area contributed by atoms with Crippen molar-refractivity contribution in [1.82, 2.24) is 19.7 Å². The Morgan fingerprint density at radius 3 is 2.55 bits per heavy atom. The number of nitrogens with two attached hydrogens (primary N) is 1. The molecule has 1 aliphatic heterocycles. The van der Waals surface area contributed by atoms with Crippen molar-refractivity contribution in [1.29, 1.82) is 0 Å². The number of nitrogens with zero attached hydrogens (tertiary/aromatic N) is 5. The average molecular weight is 416 g/mol. The molecule has 0 aromatic carbocycles. The van der Waals surface area contributed by atoms with Crippen LogP contribution < -0.4 is 10.5 Å². The van der Waals surface area contributed by atoms with Gasteiger partial charge in [-0.25, -0.2) is 14.1 Å². The lowest BCUT2D eigenvalue weighted by Gasteiger charge is -2.22. The molecular weight excluding hydrogens is 390 g/mol. The van der Waals surface area contributed by atoms with Crippen molar-refractivity contribution in [2.24, 2.45) is 9.50 Å². The first-order valence-electron chi connectivity index (χ1n) is 10.1. The van der Waals surface area contributed by atoms with Gasteiger partial charge in [-0.15, -0.1) is 4.36 Å². The fraction of sp³-hybridized carbons (Fsp3) is 0.526. The van der Waals surface area contributed by atoms with Crippen LogP contribution in [-0.4, -0.2) is 43.5 Å². The van der Waals surface area contributed by atoms with E-state index in [0.29, 0.717) is 13.1 Å². The maximum atomic E-state index is 13.0. The number of rotatable bonds is 2. The van der Waals surface area contributed by atoms with E-state index >= 15 is 0 Å². The zero-order chi connectivity index (χ0) is 20.2. The third kappa shape index (κ3) is 3.34. The van der Waals surface area contributed by atoms with E-state index in [2.05, 4.69) is 19.7 Å². The summed E-state index contributed by atoms with van der Waals surface area (Å²) in [6.45, 7) is 2.25. The van der Waals surface area contributed by atoms with Crippen LogP contribution in [0.25, 0.3) is 0 Å². The van der Waals surface area contributed by atoms with Gasteiger partial charge < -0.3 is 5.32 Å². The molecule has 9 nitrogen and oxygen atoms in total. The molecule has 10 heteroatoms. The van der Waals surface area contributed by atoms with Gasteiger partial charge in [-0.05, 0) is 62.8 Å². The second kappa shape index (κ2) is 6.89. The number of urea groups is 1. The van der Waals surface area contributed by atoms with Crippen LogP contribution in [0, 0.1) is 0 Å². The molecule has 3 aliphatic rings. The lowest BCUT2D eigenvalue weighted by atomic mass is 10.1. The monoisotopic (exact) mass is 415 g/mol. The number of fused-ring (bicyclic) bond motifs is 3. The van der Waals surface area contributed by atoms with Crippen molar-refractivity contribution >= 4 is 21.6 Å². The molecule has 0 bridgehead atoms. The Hall–Kier alpha value is -2.30. The van der Waals surface area contributed by atoms with Crippen LogP contribution >= 0.6 is 0 Å². The minimum Gasteiger partial charge on any atom is -0.305 e. The molecule has 1 unspecified atom stereocenters. The molecule has 1 atom stereocenters. The summed E-state index contributed by atoms with van der Waals surface area (Å²) in [4.78, 5) is 19.6. The van der Waals surface area contributed by atoms with Gasteiger partial charge in [0.1, 0.15) is 0 Å². The highest BCUT2D eigenvalue weighted by atomic mass is 32.2. The fourth-order valence-corrected chi connectivity index (χ4v) is 5.46. The highest BCUT2D eigenvalue weighted by molar-refractivity contribution is 7.91. The van der Waals surface area contributed by atoms with Gasteiger partial charge in [0.15, 0.2) is 14.9 Å². The number of aryl methyl sites for hydroxylation is 2. The van der Waals surface area contributed by atoms with Crippen molar-refractivity contribution < 1.29 is 9.00 Å². The normalized spacial score (nSPS) is 19.9. The number of likely N-dealkylation sites (N-methyl/N-ethyl adjacent to an activating group) is 1. The number of carbonyl (C=O) groups is 1. The van der Waals surface area contributed by atoms with Crippen molar-refractivity contribution in [3.8, 4) is 0 Å². The van der Waals surface area contributed by atoms with E-state index in [1.54, 1.807) is 10.7 Å². The quantitative estimate of drug-likeness (QED) is 0.773. The van der Waals surface area contributed by atoms with Crippen molar-refractivity contribution in [3.63, 3.8) is 0 Å². The Morgan fingerprint density at radius 2 is 1.86 bits per heavy atom. The summed E-state index contributed by atoms with van der Waals surface area (Å²) in [6, 6.07) is 1.01. The Labute approximate surface area is 170 Å². The van der Waals surface area contributed by atoms with E-state index in [9.17, 15) is 9.00 Å². The molecule has 2 aliphatic carbocycles. The summed E-state index contributed by atoms with van der Waals surface area (Å²) in [5, 5.41) is 13.3. The maximum Gasteiger partial charge on any atom is 0.354 e. The number of carbonyl (C=O) groups excluding carboxylic acids is 1. The Balaban J connectivity index is 1.45. The zero-order valence-corrected chi connectivity index (χ0v) is 17.3. The van der Waals surface area contributed by atoms with Crippen LogP contribution in [0.2, 0.25) is 0 Å². The highest BCUT2D eigenvalue weighted by Gasteiger charge is 2.27. The molecule has 2 aromatic rings. The van der Waals surface area contributed by atoms with E-state index in [1.807, 2.05) is 7.05 Å². The fourth-order valence-electron chi connectivity index (χ4n) is 4.55. The molecule has 5 rings (SSSR count). The van der Waals surface area contributed by atoms with Crippen molar-refractivity contribution in [2.75, 3.05) is 18.9 Å². The number of nitrogens with one attached hydrogen (secondary N) is 1. The van der Waals surface area contributed by atoms with Crippen LogP contribution in [0.3, 0.4) is 0 Å². The third-order valence-corrected chi connectivity index (χ3v) is 7.20. The van der Waals surface area contributed by atoms with Crippen molar-refractivity contribution in [2.45, 2.75) is 56.6 Å².